The van der Waals surface area contributed by atoms with Gasteiger partial charge in [0.1, 0.15) is 18.3 Å². The van der Waals surface area contributed by atoms with Crippen molar-refractivity contribution in [1.29, 1.82) is 0 Å². The van der Waals surface area contributed by atoms with Crippen molar-refractivity contribution in [2.75, 3.05) is 6.54 Å². The van der Waals surface area contributed by atoms with Crippen molar-refractivity contribution in [2.24, 2.45) is 0 Å². The molecule has 0 saturated carbocycles. The molecule has 2 saturated heterocycles. The number of aliphatic hydroxyl groups excluding tert-OH is 1. The first-order valence-corrected chi connectivity index (χ1v) is 7.44. The molecule has 5 atom stereocenters. The van der Waals surface area contributed by atoms with Crippen LogP contribution in [0.3, 0.4) is 0 Å². The Hall–Kier alpha value is -0.980. The molecule has 5 heteroatoms. The van der Waals surface area contributed by atoms with Gasteiger partial charge in [0.05, 0.1) is 0 Å². The van der Waals surface area contributed by atoms with Crippen molar-refractivity contribution >= 4 is 0 Å². The van der Waals surface area contributed by atoms with Crippen LogP contribution in [-0.4, -0.2) is 42.0 Å². The molecular formula is C16H23NO4. The third-order valence-corrected chi connectivity index (χ3v) is 4.04. The number of hydrogen-bond acceptors (Lipinski definition) is 5. The molecule has 1 aromatic rings. The molecule has 0 radical (unpaired) electrons. The number of fused-ring (bicyclic) bond motifs is 1. The van der Waals surface area contributed by atoms with E-state index in [1.807, 2.05) is 32.0 Å². The van der Waals surface area contributed by atoms with Gasteiger partial charge in [-0.05, 0) is 26.3 Å². The van der Waals surface area contributed by atoms with Crippen LogP contribution in [0, 0.1) is 0 Å². The average molecular weight is 293 g/mol. The molecule has 2 fully saturated rings. The van der Waals surface area contributed by atoms with E-state index in [-0.39, 0.29) is 12.1 Å². The maximum Gasteiger partial charge on any atom is 0.190 e. The van der Waals surface area contributed by atoms with Crippen molar-refractivity contribution in [2.45, 2.75) is 57.2 Å². The molecule has 2 aliphatic rings. The minimum absolute atomic E-state index is 0.195. The van der Waals surface area contributed by atoms with Crippen LogP contribution in [0.1, 0.15) is 32.4 Å². The van der Waals surface area contributed by atoms with Gasteiger partial charge < -0.3 is 24.6 Å². The van der Waals surface area contributed by atoms with Crippen LogP contribution in [0.25, 0.3) is 0 Å². The van der Waals surface area contributed by atoms with E-state index in [2.05, 4.69) is 24.4 Å². The van der Waals surface area contributed by atoms with E-state index in [0.29, 0.717) is 6.54 Å². The van der Waals surface area contributed by atoms with Gasteiger partial charge in [-0.15, -0.1) is 0 Å². The molecule has 2 N–H and O–H groups in total. The normalized spacial score (nSPS) is 35.6. The lowest BCUT2D eigenvalue weighted by Gasteiger charge is -2.24. The number of rotatable bonds is 4. The lowest BCUT2D eigenvalue weighted by molar-refractivity contribution is -0.214. The van der Waals surface area contributed by atoms with Crippen LogP contribution in [-0.2, 0) is 14.2 Å². The van der Waals surface area contributed by atoms with E-state index >= 15 is 0 Å². The molecule has 5 nitrogen and oxygen atoms in total. The van der Waals surface area contributed by atoms with Gasteiger partial charge in [-0.3, -0.25) is 0 Å². The topological polar surface area (TPSA) is 60.0 Å². The highest BCUT2D eigenvalue weighted by Crippen LogP contribution is 2.37. The first-order valence-electron chi connectivity index (χ1n) is 7.44. The lowest BCUT2D eigenvalue weighted by Crippen LogP contribution is -2.40. The second-order valence-electron chi connectivity index (χ2n) is 6.17. The second-order valence-corrected chi connectivity index (χ2v) is 6.17. The summed E-state index contributed by atoms with van der Waals surface area (Å²) in [6.45, 7) is 6.29. The van der Waals surface area contributed by atoms with Crippen molar-refractivity contribution in [3.8, 4) is 0 Å². The molecule has 2 aliphatic heterocycles. The van der Waals surface area contributed by atoms with Gasteiger partial charge in [0.2, 0.25) is 0 Å². The van der Waals surface area contributed by atoms with Crippen LogP contribution >= 0.6 is 0 Å². The number of ether oxygens (including phenoxy) is 3. The first kappa shape index (κ1) is 14.9. The lowest BCUT2D eigenvalue weighted by atomic mass is 10.1. The van der Waals surface area contributed by atoms with Crippen molar-refractivity contribution in [1.82, 2.24) is 5.32 Å². The van der Waals surface area contributed by atoms with Crippen molar-refractivity contribution in [3.63, 3.8) is 0 Å². The molecule has 0 aromatic heterocycles. The Kier molecular flexibility index (Phi) is 4.03. The van der Waals surface area contributed by atoms with Crippen LogP contribution < -0.4 is 5.32 Å². The summed E-state index contributed by atoms with van der Waals surface area (Å²) < 4.78 is 17.1. The summed E-state index contributed by atoms with van der Waals surface area (Å²) in [6.07, 6.45) is -1.87. The standard InChI is InChI=1S/C16H23NO4/c1-10(11-7-5-4-6-8-11)17-9-12-13(18)14-15(19-12)21-16(2,3)20-14/h4-8,10,12-15,17-18H,9H2,1-3H3/t10-,12-,13+,14-,15-/m1/s1. The zero-order valence-electron chi connectivity index (χ0n) is 12.7. The smallest absolute Gasteiger partial charge is 0.190 e. The van der Waals surface area contributed by atoms with Gasteiger partial charge in [-0.1, -0.05) is 30.3 Å². The Bertz CT molecular complexity index is 478. The Morgan fingerprint density at radius 1 is 1.24 bits per heavy atom. The maximum atomic E-state index is 10.3. The van der Waals surface area contributed by atoms with Crippen LogP contribution in [0.4, 0.5) is 0 Å². The van der Waals surface area contributed by atoms with Crippen LogP contribution in [0.2, 0.25) is 0 Å². The molecule has 1 aromatic carbocycles. The van der Waals surface area contributed by atoms with Gasteiger partial charge >= 0.3 is 0 Å². The quantitative estimate of drug-likeness (QED) is 0.882. The fourth-order valence-corrected chi connectivity index (χ4v) is 2.88. The summed E-state index contributed by atoms with van der Waals surface area (Å²) in [4.78, 5) is 0. The Morgan fingerprint density at radius 3 is 2.62 bits per heavy atom. The summed E-state index contributed by atoms with van der Waals surface area (Å²) >= 11 is 0. The summed E-state index contributed by atoms with van der Waals surface area (Å²) in [5, 5.41) is 13.7. The highest BCUT2D eigenvalue weighted by molar-refractivity contribution is 5.18. The second kappa shape index (κ2) is 5.66. The molecule has 0 unspecified atom stereocenters. The van der Waals surface area contributed by atoms with Gasteiger partial charge in [-0.2, -0.15) is 0 Å². The molecule has 0 spiro atoms. The molecule has 2 heterocycles. The van der Waals surface area contributed by atoms with Gasteiger partial charge in [0.15, 0.2) is 12.1 Å². The Balaban J connectivity index is 1.54. The number of aliphatic hydroxyl groups is 1. The van der Waals surface area contributed by atoms with E-state index in [9.17, 15) is 5.11 Å². The highest BCUT2D eigenvalue weighted by atomic mass is 16.8. The molecule has 0 amide bonds. The van der Waals surface area contributed by atoms with Gasteiger partial charge in [0.25, 0.3) is 0 Å². The summed E-state index contributed by atoms with van der Waals surface area (Å²) in [6, 6.07) is 10.4. The fraction of sp³-hybridized carbons (Fsp3) is 0.625. The first-order chi connectivity index (χ1) is 9.96. The Morgan fingerprint density at radius 2 is 1.95 bits per heavy atom. The number of hydrogen-bond donors (Lipinski definition) is 2. The highest BCUT2D eigenvalue weighted by Gasteiger charge is 2.54. The third-order valence-electron chi connectivity index (χ3n) is 4.04. The van der Waals surface area contributed by atoms with Gasteiger partial charge in [-0.25, -0.2) is 0 Å². The largest absolute Gasteiger partial charge is 0.387 e. The third kappa shape index (κ3) is 3.12. The molecule has 116 valence electrons. The summed E-state index contributed by atoms with van der Waals surface area (Å²) in [5.74, 6) is -0.688. The maximum absolute atomic E-state index is 10.3. The van der Waals surface area contributed by atoms with E-state index in [1.165, 1.54) is 5.56 Å². The minimum atomic E-state index is -0.688. The average Bonchev–Trinajstić information content (AvgIpc) is 2.91. The molecular weight excluding hydrogens is 270 g/mol. The minimum Gasteiger partial charge on any atom is -0.387 e. The van der Waals surface area contributed by atoms with E-state index in [0.717, 1.165) is 0 Å². The monoisotopic (exact) mass is 293 g/mol. The van der Waals surface area contributed by atoms with Crippen LogP contribution in [0.15, 0.2) is 30.3 Å². The SMILES string of the molecule is C[C@@H](NC[C@H]1O[C@@H]2OC(C)(C)O[C@@H]2[C@H]1O)c1ccccc1. The molecule has 0 aliphatic carbocycles. The summed E-state index contributed by atoms with van der Waals surface area (Å²) in [7, 11) is 0. The Labute approximate surface area is 125 Å². The number of nitrogens with one attached hydrogen (secondary N) is 1. The summed E-state index contributed by atoms with van der Waals surface area (Å²) in [5.41, 5.74) is 1.21. The van der Waals surface area contributed by atoms with E-state index < -0.39 is 24.3 Å². The molecule has 0 bridgehead atoms. The zero-order valence-corrected chi connectivity index (χ0v) is 12.7. The molecule has 21 heavy (non-hydrogen) atoms. The molecule has 3 rings (SSSR count). The van der Waals surface area contributed by atoms with E-state index in [4.69, 9.17) is 14.2 Å². The van der Waals surface area contributed by atoms with Crippen LogP contribution in [0.5, 0.6) is 0 Å². The van der Waals surface area contributed by atoms with E-state index in [1.54, 1.807) is 0 Å². The van der Waals surface area contributed by atoms with Gasteiger partial charge in [0, 0.05) is 12.6 Å². The van der Waals surface area contributed by atoms with Crippen molar-refractivity contribution in [3.05, 3.63) is 35.9 Å². The number of benzene rings is 1. The predicted octanol–water partition coefficient (Wildman–Crippen LogP) is 1.57. The predicted molar refractivity (Wildman–Crippen MR) is 77.6 cm³/mol. The van der Waals surface area contributed by atoms with Crippen molar-refractivity contribution < 1.29 is 19.3 Å². The fourth-order valence-electron chi connectivity index (χ4n) is 2.88. The zero-order chi connectivity index (χ0) is 15.0.